The Kier molecular flexibility index (Phi) is 7.77. The van der Waals surface area contributed by atoms with Gasteiger partial charge in [-0.15, -0.1) is 0 Å². The first kappa shape index (κ1) is 23.7. The monoisotopic (exact) mass is 518 g/mol. The Morgan fingerprint density at radius 2 is 1.59 bits per heavy atom. The highest BCUT2D eigenvalue weighted by atomic mass is 79.9. The highest BCUT2D eigenvalue weighted by molar-refractivity contribution is 9.10. The summed E-state index contributed by atoms with van der Waals surface area (Å²) >= 11 is 3.42. The summed E-state index contributed by atoms with van der Waals surface area (Å²) in [5.41, 5.74) is 9.53. The van der Waals surface area contributed by atoms with Gasteiger partial charge in [-0.25, -0.2) is 0 Å². The largest absolute Gasteiger partial charge is 0.397 e. The average Bonchev–Trinajstić information content (AvgIpc) is 3.36. The van der Waals surface area contributed by atoms with E-state index in [1.807, 2.05) is 60.7 Å². The van der Waals surface area contributed by atoms with Gasteiger partial charge in [-0.1, -0.05) is 52.3 Å². The van der Waals surface area contributed by atoms with Gasteiger partial charge in [-0.3, -0.25) is 14.5 Å². The molecule has 1 aliphatic heterocycles. The van der Waals surface area contributed by atoms with Gasteiger partial charge in [0.15, 0.2) is 0 Å². The van der Waals surface area contributed by atoms with Crippen LogP contribution in [0, 0.1) is 0 Å². The van der Waals surface area contributed by atoms with Gasteiger partial charge in [0.25, 0.3) is 0 Å². The van der Waals surface area contributed by atoms with Crippen molar-refractivity contribution >= 4 is 50.9 Å². The first-order valence-electron chi connectivity index (χ1n) is 11.2. The van der Waals surface area contributed by atoms with Crippen LogP contribution in [0.25, 0.3) is 6.08 Å². The van der Waals surface area contributed by atoms with Crippen LogP contribution >= 0.6 is 15.9 Å². The molecule has 3 aromatic carbocycles. The third kappa shape index (κ3) is 6.12. The Morgan fingerprint density at radius 3 is 2.26 bits per heavy atom. The minimum atomic E-state index is -0.367. The van der Waals surface area contributed by atoms with E-state index in [4.69, 9.17) is 5.73 Å². The number of amides is 2. The van der Waals surface area contributed by atoms with Crippen molar-refractivity contribution in [1.29, 1.82) is 0 Å². The molecule has 0 radical (unpaired) electrons. The Hall–Kier alpha value is -3.42. The molecule has 4 N–H and O–H groups in total. The Balaban J connectivity index is 1.45. The number of hydrogen-bond donors (Lipinski definition) is 3. The summed E-state index contributed by atoms with van der Waals surface area (Å²) in [6.45, 7) is 1.78. The van der Waals surface area contributed by atoms with Crippen LogP contribution in [0.1, 0.15) is 30.0 Å². The van der Waals surface area contributed by atoms with Crippen LogP contribution in [0.2, 0.25) is 0 Å². The van der Waals surface area contributed by atoms with Crippen LogP contribution in [0.15, 0.2) is 83.3 Å². The first-order valence-corrected chi connectivity index (χ1v) is 12.0. The van der Waals surface area contributed by atoms with Crippen molar-refractivity contribution in [3.63, 3.8) is 0 Å². The number of nitrogen functional groups attached to an aromatic ring is 1. The average molecular weight is 519 g/mol. The maximum Gasteiger partial charge on any atom is 0.248 e. The molecule has 7 heteroatoms. The van der Waals surface area contributed by atoms with Crippen molar-refractivity contribution in [2.24, 2.45) is 0 Å². The SMILES string of the molecule is Nc1ccccc1NC(=O)/C=C/c1ccc(C(C(=O)Nc2ccc(Br)cc2)N2CCCC2)cc1. The van der Waals surface area contributed by atoms with Crippen molar-refractivity contribution in [3.8, 4) is 0 Å². The lowest BCUT2D eigenvalue weighted by Crippen LogP contribution is -2.35. The summed E-state index contributed by atoms with van der Waals surface area (Å²) in [6.07, 6.45) is 5.39. The number of hydrogen-bond acceptors (Lipinski definition) is 4. The number of para-hydroxylation sites is 2. The Labute approximate surface area is 208 Å². The van der Waals surface area contributed by atoms with Gasteiger partial charge < -0.3 is 16.4 Å². The zero-order valence-corrected chi connectivity index (χ0v) is 20.3. The Morgan fingerprint density at radius 1 is 0.912 bits per heavy atom. The third-order valence-corrected chi connectivity index (χ3v) is 6.29. The van der Waals surface area contributed by atoms with E-state index in [2.05, 4.69) is 31.5 Å². The number of carbonyl (C=O) groups is 2. The van der Waals surface area contributed by atoms with Crippen molar-refractivity contribution in [2.75, 3.05) is 29.5 Å². The molecule has 1 saturated heterocycles. The number of nitrogens with two attached hydrogens (primary N) is 1. The van der Waals surface area contributed by atoms with Gasteiger partial charge in [-0.05, 0) is 79.5 Å². The first-order chi connectivity index (χ1) is 16.5. The summed E-state index contributed by atoms with van der Waals surface area (Å²) in [4.78, 5) is 27.7. The highest BCUT2D eigenvalue weighted by Crippen LogP contribution is 2.27. The van der Waals surface area contributed by atoms with E-state index < -0.39 is 0 Å². The van der Waals surface area contributed by atoms with Crippen molar-refractivity contribution < 1.29 is 9.59 Å². The fraction of sp³-hybridized carbons (Fsp3) is 0.185. The van der Waals surface area contributed by atoms with E-state index in [0.717, 1.165) is 47.2 Å². The lowest BCUT2D eigenvalue weighted by Gasteiger charge is -2.27. The molecule has 2 amide bonds. The molecule has 3 aromatic rings. The maximum absolute atomic E-state index is 13.2. The van der Waals surface area contributed by atoms with Crippen molar-refractivity contribution in [2.45, 2.75) is 18.9 Å². The lowest BCUT2D eigenvalue weighted by molar-refractivity contribution is -0.121. The molecular weight excluding hydrogens is 492 g/mol. The van der Waals surface area contributed by atoms with E-state index in [1.165, 1.54) is 6.08 Å². The van der Waals surface area contributed by atoms with E-state index in [1.54, 1.807) is 18.2 Å². The molecule has 1 fully saturated rings. The predicted molar refractivity (Wildman–Crippen MR) is 141 cm³/mol. The molecule has 0 spiro atoms. The van der Waals surface area contributed by atoms with Crippen LogP contribution in [0.4, 0.5) is 17.1 Å². The Bertz CT molecular complexity index is 1170. The number of rotatable bonds is 7. The molecular formula is C27H27BrN4O2. The van der Waals surface area contributed by atoms with Crippen LogP contribution in [0.5, 0.6) is 0 Å². The number of carbonyl (C=O) groups excluding carboxylic acids is 2. The van der Waals surface area contributed by atoms with E-state index in [-0.39, 0.29) is 17.9 Å². The van der Waals surface area contributed by atoms with E-state index in [0.29, 0.717) is 11.4 Å². The smallest absolute Gasteiger partial charge is 0.248 e. The number of benzene rings is 3. The second-order valence-electron chi connectivity index (χ2n) is 8.22. The summed E-state index contributed by atoms with van der Waals surface area (Å²) in [6, 6.07) is 22.1. The predicted octanol–water partition coefficient (Wildman–Crippen LogP) is 5.46. The van der Waals surface area contributed by atoms with Crippen molar-refractivity contribution in [3.05, 3.63) is 94.5 Å². The zero-order valence-electron chi connectivity index (χ0n) is 18.7. The summed E-state index contributed by atoms with van der Waals surface area (Å²) < 4.78 is 0.964. The topological polar surface area (TPSA) is 87.5 Å². The minimum absolute atomic E-state index is 0.0488. The number of halogens is 1. The summed E-state index contributed by atoms with van der Waals surface area (Å²) in [5.74, 6) is -0.307. The van der Waals surface area contributed by atoms with E-state index >= 15 is 0 Å². The number of likely N-dealkylation sites (tertiary alicyclic amines) is 1. The van der Waals surface area contributed by atoms with Crippen LogP contribution in [-0.2, 0) is 9.59 Å². The van der Waals surface area contributed by atoms with Gasteiger partial charge in [0.2, 0.25) is 11.8 Å². The zero-order chi connectivity index (χ0) is 23.9. The molecule has 34 heavy (non-hydrogen) atoms. The maximum atomic E-state index is 13.2. The quantitative estimate of drug-likeness (QED) is 0.286. The lowest BCUT2D eigenvalue weighted by atomic mass is 10.0. The molecule has 174 valence electrons. The second kappa shape index (κ2) is 11.1. The molecule has 0 aliphatic carbocycles. The fourth-order valence-corrected chi connectivity index (χ4v) is 4.28. The standard InChI is InChI=1S/C27H27BrN4O2/c28-21-12-14-22(15-13-21)30-27(34)26(32-17-3-4-18-32)20-10-7-19(8-11-20)9-16-25(33)31-24-6-2-1-5-23(24)29/h1-2,5-16,26H,3-4,17-18,29H2,(H,30,34)(H,31,33)/b16-9+. The van der Waals surface area contributed by atoms with Crippen LogP contribution < -0.4 is 16.4 Å². The number of nitrogens with zero attached hydrogens (tertiary/aromatic N) is 1. The minimum Gasteiger partial charge on any atom is -0.397 e. The molecule has 6 nitrogen and oxygen atoms in total. The molecule has 4 rings (SSSR count). The number of nitrogens with one attached hydrogen (secondary N) is 2. The molecule has 1 heterocycles. The molecule has 1 atom stereocenters. The molecule has 0 bridgehead atoms. The van der Waals surface area contributed by atoms with Crippen LogP contribution in [-0.4, -0.2) is 29.8 Å². The summed E-state index contributed by atoms with van der Waals surface area (Å²) in [7, 11) is 0. The van der Waals surface area contributed by atoms with E-state index in [9.17, 15) is 9.59 Å². The molecule has 0 aromatic heterocycles. The van der Waals surface area contributed by atoms with Crippen molar-refractivity contribution in [1.82, 2.24) is 4.90 Å². The van der Waals surface area contributed by atoms with Gasteiger partial charge in [0.1, 0.15) is 6.04 Å². The van der Waals surface area contributed by atoms with Gasteiger partial charge >= 0.3 is 0 Å². The third-order valence-electron chi connectivity index (χ3n) is 5.76. The summed E-state index contributed by atoms with van der Waals surface area (Å²) in [5, 5.41) is 5.82. The molecule has 1 unspecified atom stereocenters. The molecule has 1 aliphatic rings. The molecule has 0 saturated carbocycles. The number of anilines is 3. The van der Waals surface area contributed by atoms with Gasteiger partial charge in [0, 0.05) is 16.2 Å². The van der Waals surface area contributed by atoms with Gasteiger partial charge in [-0.2, -0.15) is 0 Å². The fourth-order valence-electron chi connectivity index (χ4n) is 4.02. The highest BCUT2D eigenvalue weighted by Gasteiger charge is 2.29. The second-order valence-corrected chi connectivity index (χ2v) is 9.13. The normalized spacial score (nSPS) is 14.7. The van der Waals surface area contributed by atoms with Gasteiger partial charge in [0.05, 0.1) is 11.4 Å². The van der Waals surface area contributed by atoms with Crippen LogP contribution in [0.3, 0.4) is 0 Å².